The van der Waals surface area contributed by atoms with Crippen LogP contribution in [0.25, 0.3) is 0 Å². The van der Waals surface area contributed by atoms with Gasteiger partial charge in [-0.3, -0.25) is 4.79 Å². The molecule has 0 radical (unpaired) electrons. The van der Waals surface area contributed by atoms with Gasteiger partial charge in [0.2, 0.25) is 0 Å². The van der Waals surface area contributed by atoms with Crippen molar-refractivity contribution in [1.82, 2.24) is 5.32 Å². The Labute approximate surface area is 153 Å². The van der Waals surface area contributed by atoms with E-state index in [9.17, 15) is 9.59 Å². The number of rotatable bonds is 9. The lowest BCUT2D eigenvalue weighted by Crippen LogP contribution is -2.29. The minimum absolute atomic E-state index is 0.239. The van der Waals surface area contributed by atoms with Crippen molar-refractivity contribution in [1.29, 1.82) is 0 Å². The SMILES string of the molecule is CCc1ccc(OCC(=O)OCC(=O)NCc2ccc(OC)cc2)cc1. The number of esters is 1. The lowest BCUT2D eigenvalue weighted by atomic mass is 10.2. The molecule has 1 amide bonds. The van der Waals surface area contributed by atoms with E-state index in [0.29, 0.717) is 12.3 Å². The molecule has 26 heavy (non-hydrogen) atoms. The monoisotopic (exact) mass is 357 g/mol. The van der Waals surface area contributed by atoms with E-state index in [-0.39, 0.29) is 19.1 Å². The summed E-state index contributed by atoms with van der Waals surface area (Å²) < 4.78 is 15.3. The van der Waals surface area contributed by atoms with Gasteiger partial charge in [-0.05, 0) is 41.8 Å². The molecular formula is C20H23NO5. The van der Waals surface area contributed by atoms with Gasteiger partial charge < -0.3 is 19.5 Å². The van der Waals surface area contributed by atoms with E-state index in [1.807, 2.05) is 36.4 Å². The van der Waals surface area contributed by atoms with Gasteiger partial charge in [0.1, 0.15) is 11.5 Å². The highest BCUT2D eigenvalue weighted by molar-refractivity contribution is 5.80. The van der Waals surface area contributed by atoms with Crippen LogP contribution in [0.3, 0.4) is 0 Å². The Morgan fingerprint density at radius 1 is 0.885 bits per heavy atom. The van der Waals surface area contributed by atoms with Crippen molar-refractivity contribution in [3.8, 4) is 11.5 Å². The van der Waals surface area contributed by atoms with Crippen molar-refractivity contribution < 1.29 is 23.8 Å². The zero-order valence-corrected chi connectivity index (χ0v) is 15.0. The van der Waals surface area contributed by atoms with Crippen LogP contribution in [-0.4, -0.2) is 32.2 Å². The van der Waals surface area contributed by atoms with Gasteiger partial charge in [-0.2, -0.15) is 0 Å². The molecular weight excluding hydrogens is 334 g/mol. The maximum absolute atomic E-state index is 11.7. The molecule has 0 bridgehead atoms. The molecule has 6 heteroatoms. The quantitative estimate of drug-likeness (QED) is 0.698. The molecule has 6 nitrogen and oxygen atoms in total. The van der Waals surface area contributed by atoms with Gasteiger partial charge in [0.05, 0.1) is 7.11 Å². The summed E-state index contributed by atoms with van der Waals surface area (Å²) in [7, 11) is 1.59. The maximum Gasteiger partial charge on any atom is 0.344 e. The molecule has 0 saturated heterocycles. The van der Waals surface area contributed by atoms with E-state index in [2.05, 4.69) is 12.2 Å². The van der Waals surface area contributed by atoms with Crippen LogP contribution in [-0.2, 0) is 27.3 Å². The van der Waals surface area contributed by atoms with E-state index in [0.717, 1.165) is 17.7 Å². The number of hydrogen-bond acceptors (Lipinski definition) is 5. The molecule has 0 aliphatic carbocycles. The first kappa shape index (κ1) is 19.3. The predicted octanol–water partition coefficient (Wildman–Crippen LogP) is 2.50. The van der Waals surface area contributed by atoms with Crippen molar-refractivity contribution >= 4 is 11.9 Å². The Kier molecular flexibility index (Phi) is 7.49. The smallest absolute Gasteiger partial charge is 0.344 e. The van der Waals surface area contributed by atoms with E-state index >= 15 is 0 Å². The van der Waals surface area contributed by atoms with Crippen LogP contribution in [0.2, 0.25) is 0 Å². The Morgan fingerprint density at radius 3 is 2.12 bits per heavy atom. The van der Waals surface area contributed by atoms with Crippen LogP contribution in [0.15, 0.2) is 48.5 Å². The number of ether oxygens (including phenoxy) is 3. The maximum atomic E-state index is 11.7. The lowest BCUT2D eigenvalue weighted by Gasteiger charge is -2.08. The molecule has 1 N–H and O–H groups in total. The lowest BCUT2D eigenvalue weighted by molar-refractivity contribution is -0.150. The number of carbonyl (C=O) groups is 2. The zero-order chi connectivity index (χ0) is 18.8. The largest absolute Gasteiger partial charge is 0.497 e. The molecule has 0 unspecified atom stereocenters. The number of hydrogen-bond donors (Lipinski definition) is 1. The molecule has 0 atom stereocenters. The molecule has 2 rings (SSSR count). The van der Waals surface area contributed by atoms with Gasteiger partial charge >= 0.3 is 5.97 Å². The Bertz CT molecular complexity index is 646. The summed E-state index contributed by atoms with van der Waals surface area (Å²) in [5, 5.41) is 2.68. The Balaban J connectivity index is 1.64. The second-order valence-corrected chi connectivity index (χ2v) is 5.57. The van der Waals surface area contributed by atoms with E-state index in [4.69, 9.17) is 14.2 Å². The van der Waals surface area contributed by atoms with Crippen molar-refractivity contribution in [2.24, 2.45) is 0 Å². The van der Waals surface area contributed by atoms with Crippen molar-refractivity contribution in [2.45, 2.75) is 19.9 Å². The van der Waals surface area contributed by atoms with Gasteiger partial charge in [0, 0.05) is 6.54 Å². The number of methoxy groups -OCH3 is 1. The molecule has 0 heterocycles. The highest BCUT2D eigenvalue weighted by Gasteiger charge is 2.08. The van der Waals surface area contributed by atoms with Gasteiger partial charge in [-0.25, -0.2) is 4.79 Å². The second-order valence-electron chi connectivity index (χ2n) is 5.57. The number of amides is 1. The van der Waals surface area contributed by atoms with E-state index in [1.165, 1.54) is 5.56 Å². The number of aryl methyl sites for hydroxylation is 1. The van der Waals surface area contributed by atoms with Crippen molar-refractivity contribution in [2.75, 3.05) is 20.3 Å². The predicted molar refractivity (Wildman–Crippen MR) is 97.1 cm³/mol. The minimum Gasteiger partial charge on any atom is -0.497 e. The van der Waals surface area contributed by atoms with Crippen molar-refractivity contribution in [3.63, 3.8) is 0 Å². The molecule has 2 aromatic rings. The summed E-state index contributed by atoms with van der Waals surface area (Å²) in [6.07, 6.45) is 0.938. The minimum atomic E-state index is -0.593. The third-order valence-corrected chi connectivity index (χ3v) is 3.70. The molecule has 0 saturated carbocycles. The van der Waals surface area contributed by atoms with Crippen LogP contribution in [0.5, 0.6) is 11.5 Å². The standard InChI is InChI=1S/C20H23NO5/c1-3-15-4-10-18(11-5-15)25-14-20(23)26-13-19(22)21-12-16-6-8-17(24-2)9-7-16/h4-11H,3,12-14H2,1-2H3,(H,21,22). The first-order valence-corrected chi connectivity index (χ1v) is 8.37. The van der Waals surface area contributed by atoms with E-state index in [1.54, 1.807) is 19.2 Å². The Morgan fingerprint density at radius 2 is 1.50 bits per heavy atom. The number of benzene rings is 2. The van der Waals surface area contributed by atoms with Crippen LogP contribution in [0, 0.1) is 0 Å². The van der Waals surface area contributed by atoms with Crippen molar-refractivity contribution in [3.05, 3.63) is 59.7 Å². The van der Waals surface area contributed by atoms with E-state index < -0.39 is 5.97 Å². The molecule has 138 valence electrons. The average Bonchev–Trinajstić information content (AvgIpc) is 2.69. The topological polar surface area (TPSA) is 73.9 Å². The fourth-order valence-electron chi connectivity index (χ4n) is 2.15. The van der Waals surface area contributed by atoms with Crippen LogP contribution >= 0.6 is 0 Å². The molecule has 0 aliphatic heterocycles. The fourth-order valence-corrected chi connectivity index (χ4v) is 2.15. The molecule has 0 aliphatic rings. The molecule has 0 aromatic heterocycles. The molecule has 0 fully saturated rings. The summed E-state index contributed by atoms with van der Waals surface area (Å²) in [6, 6.07) is 14.8. The molecule has 2 aromatic carbocycles. The summed E-state index contributed by atoms with van der Waals surface area (Å²) in [6.45, 7) is 1.83. The first-order chi connectivity index (χ1) is 12.6. The first-order valence-electron chi connectivity index (χ1n) is 8.37. The number of carbonyl (C=O) groups excluding carboxylic acids is 2. The summed E-state index contributed by atoms with van der Waals surface area (Å²) in [5.41, 5.74) is 2.11. The van der Waals surface area contributed by atoms with Crippen LogP contribution < -0.4 is 14.8 Å². The van der Waals surface area contributed by atoms with Crippen LogP contribution in [0.4, 0.5) is 0 Å². The average molecular weight is 357 g/mol. The summed E-state index contributed by atoms with van der Waals surface area (Å²) in [4.78, 5) is 23.4. The second kappa shape index (κ2) is 10.1. The molecule has 0 spiro atoms. The summed E-state index contributed by atoms with van der Waals surface area (Å²) in [5.74, 6) is 0.368. The third kappa shape index (κ3) is 6.47. The van der Waals surface area contributed by atoms with Crippen LogP contribution in [0.1, 0.15) is 18.1 Å². The van der Waals surface area contributed by atoms with Gasteiger partial charge in [0.15, 0.2) is 13.2 Å². The highest BCUT2D eigenvalue weighted by Crippen LogP contribution is 2.12. The van der Waals surface area contributed by atoms with Gasteiger partial charge in [-0.1, -0.05) is 31.2 Å². The fraction of sp³-hybridized carbons (Fsp3) is 0.300. The summed E-state index contributed by atoms with van der Waals surface area (Å²) >= 11 is 0. The highest BCUT2D eigenvalue weighted by atomic mass is 16.6. The van der Waals surface area contributed by atoms with Gasteiger partial charge in [0.25, 0.3) is 5.91 Å². The Hall–Kier alpha value is -3.02. The third-order valence-electron chi connectivity index (χ3n) is 3.70. The van der Waals surface area contributed by atoms with Gasteiger partial charge in [-0.15, -0.1) is 0 Å². The number of nitrogens with one attached hydrogen (secondary N) is 1. The normalized spacial score (nSPS) is 10.1. The zero-order valence-electron chi connectivity index (χ0n) is 15.0.